The Balaban J connectivity index is 2.01. The Morgan fingerprint density at radius 3 is 2.88 bits per heavy atom. The van der Waals surface area contributed by atoms with Gasteiger partial charge in [0.2, 0.25) is 5.91 Å². The number of morpholine rings is 1. The number of carbonyl (C=O) groups excluding carboxylic acids is 1. The summed E-state index contributed by atoms with van der Waals surface area (Å²) >= 11 is 0. The maximum atomic E-state index is 12.8. The van der Waals surface area contributed by atoms with E-state index in [0.717, 1.165) is 12.1 Å². The lowest BCUT2D eigenvalue weighted by molar-refractivity contribution is -0.140. The number of hydrogen-bond acceptors (Lipinski definition) is 3. The number of hydrogen-bond donors (Lipinski definition) is 0. The SMILES string of the molecule is CO[C@@H](C)CCC(=O)N1CCO[C@@H](c2cccc(C(F)(F)F)c2)C1. The average Bonchev–Trinajstić information content (AvgIpc) is 2.58. The number of nitrogens with zero attached hydrogens (tertiary/aromatic N) is 1. The molecular weight excluding hydrogens is 323 g/mol. The Bertz CT molecular complexity index is 562. The van der Waals surface area contributed by atoms with Gasteiger partial charge in [0.05, 0.1) is 24.8 Å². The van der Waals surface area contributed by atoms with Gasteiger partial charge in [-0.05, 0) is 31.0 Å². The highest BCUT2D eigenvalue weighted by atomic mass is 19.4. The summed E-state index contributed by atoms with van der Waals surface area (Å²) in [6.45, 7) is 2.92. The van der Waals surface area contributed by atoms with E-state index in [9.17, 15) is 18.0 Å². The lowest BCUT2D eigenvalue weighted by Gasteiger charge is -2.33. The molecule has 2 atom stereocenters. The molecular formula is C17H22F3NO3. The number of ether oxygens (including phenoxy) is 2. The van der Waals surface area contributed by atoms with Crippen molar-refractivity contribution in [3.05, 3.63) is 35.4 Å². The summed E-state index contributed by atoms with van der Waals surface area (Å²) in [5.74, 6) is -0.0285. The second kappa shape index (κ2) is 7.98. The van der Waals surface area contributed by atoms with E-state index in [0.29, 0.717) is 31.6 Å². The molecule has 0 spiro atoms. The maximum Gasteiger partial charge on any atom is 0.416 e. The van der Waals surface area contributed by atoms with Gasteiger partial charge in [0.1, 0.15) is 6.10 Å². The second-order valence-electron chi connectivity index (χ2n) is 5.91. The van der Waals surface area contributed by atoms with Crippen LogP contribution in [0.25, 0.3) is 0 Å². The number of carbonyl (C=O) groups is 1. The molecule has 1 aliphatic heterocycles. The fourth-order valence-electron chi connectivity index (χ4n) is 2.60. The zero-order valence-electron chi connectivity index (χ0n) is 13.8. The first-order chi connectivity index (χ1) is 11.3. The summed E-state index contributed by atoms with van der Waals surface area (Å²) in [4.78, 5) is 13.9. The number of rotatable bonds is 5. The lowest BCUT2D eigenvalue weighted by Crippen LogP contribution is -2.42. The van der Waals surface area contributed by atoms with E-state index in [1.807, 2.05) is 6.92 Å². The first-order valence-corrected chi connectivity index (χ1v) is 7.90. The summed E-state index contributed by atoms with van der Waals surface area (Å²) in [7, 11) is 1.59. The molecule has 1 aromatic rings. The molecule has 1 amide bonds. The summed E-state index contributed by atoms with van der Waals surface area (Å²) in [5.41, 5.74) is -0.270. The second-order valence-corrected chi connectivity index (χ2v) is 5.91. The third-order valence-electron chi connectivity index (χ3n) is 4.17. The molecule has 1 fully saturated rings. The Kier molecular flexibility index (Phi) is 6.23. The van der Waals surface area contributed by atoms with Crippen LogP contribution in [0.15, 0.2) is 24.3 Å². The first kappa shape index (κ1) is 18.7. The number of methoxy groups -OCH3 is 1. The van der Waals surface area contributed by atoms with Crippen LogP contribution in [0.5, 0.6) is 0 Å². The molecule has 7 heteroatoms. The molecule has 0 saturated carbocycles. The van der Waals surface area contributed by atoms with Gasteiger partial charge in [-0.2, -0.15) is 13.2 Å². The maximum absolute atomic E-state index is 12.8. The third-order valence-corrected chi connectivity index (χ3v) is 4.17. The number of benzene rings is 1. The van der Waals surface area contributed by atoms with E-state index in [1.165, 1.54) is 6.07 Å². The number of amides is 1. The minimum absolute atomic E-state index is 0.00532. The van der Waals surface area contributed by atoms with Crippen LogP contribution < -0.4 is 0 Å². The van der Waals surface area contributed by atoms with Gasteiger partial charge in [-0.25, -0.2) is 0 Å². The van der Waals surface area contributed by atoms with Crippen molar-refractivity contribution in [3.63, 3.8) is 0 Å². The van der Waals surface area contributed by atoms with Crippen molar-refractivity contribution in [1.29, 1.82) is 0 Å². The number of alkyl halides is 3. The predicted molar refractivity (Wildman–Crippen MR) is 82.4 cm³/mol. The van der Waals surface area contributed by atoms with Gasteiger partial charge in [-0.3, -0.25) is 4.79 Å². The van der Waals surface area contributed by atoms with Crippen molar-refractivity contribution in [2.45, 2.75) is 38.1 Å². The Labute approximate surface area is 139 Å². The first-order valence-electron chi connectivity index (χ1n) is 7.90. The molecule has 0 radical (unpaired) electrons. The summed E-state index contributed by atoms with van der Waals surface area (Å²) in [5, 5.41) is 0. The monoisotopic (exact) mass is 345 g/mol. The largest absolute Gasteiger partial charge is 0.416 e. The number of halogens is 3. The molecule has 1 heterocycles. The highest BCUT2D eigenvalue weighted by Gasteiger charge is 2.32. The molecule has 134 valence electrons. The minimum atomic E-state index is -4.39. The highest BCUT2D eigenvalue weighted by Crippen LogP contribution is 2.32. The van der Waals surface area contributed by atoms with Crippen LogP contribution in [-0.4, -0.2) is 43.7 Å². The zero-order chi connectivity index (χ0) is 17.7. The van der Waals surface area contributed by atoms with Crippen LogP contribution in [0, 0.1) is 0 Å². The van der Waals surface area contributed by atoms with Gasteiger partial charge in [0.25, 0.3) is 0 Å². The molecule has 24 heavy (non-hydrogen) atoms. The fourth-order valence-corrected chi connectivity index (χ4v) is 2.60. The molecule has 2 rings (SSSR count). The standard InChI is InChI=1S/C17H22F3NO3/c1-12(23-2)6-7-16(22)21-8-9-24-15(11-21)13-4-3-5-14(10-13)17(18,19)20/h3-5,10,12,15H,6-9,11H2,1-2H3/t12-,15+/m0/s1. The van der Waals surface area contributed by atoms with Crippen LogP contribution >= 0.6 is 0 Å². The summed E-state index contributed by atoms with van der Waals surface area (Å²) < 4.78 is 49.2. The van der Waals surface area contributed by atoms with E-state index >= 15 is 0 Å². The van der Waals surface area contributed by atoms with E-state index < -0.39 is 17.8 Å². The minimum Gasteiger partial charge on any atom is -0.382 e. The Morgan fingerprint density at radius 2 is 2.21 bits per heavy atom. The fraction of sp³-hybridized carbons (Fsp3) is 0.588. The van der Waals surface area contributed by atoms with E-state index in [2.05, 4.69) is 0 Å². The summed E-state index contributed by atoms with van der Waals surface area (Å²) in [6, 6.07) is 5.08. The molecule has 1 aliphatic rings. The molecule has 0 bridgehead atoms. The van der Waals surface area contributed by atoms with Crippen molar-refractivity contribution in [3.8, 4) is 0 Å². The molecule has 0 N–H and O–H groups in total. The smallest absolute Gasteiger partial charge is 0.382 e. The van der Waals surface area contributed by atoms with Crippen LogP contribution in [0.2, 0.25) is 0 Å². The Hall–Kier alpha value is -1.60. The van der Waals surface area contributed by atoms with Gasteiger partial charge in [0, 0.05) is 20.1 Å². The van der Waals surface area contributed by atoms with Gasteiger partial charge in [0.15, 0.2) is 0 Å². The van der Waals surface area contributed by atoms with E-state index in [4.69, 9.17) is 9.47 Å². The van der Waals surface area contributed by atoms with Gasteiger partial charge in [-0.15, -0.1) is 0 Å². The van der Waals surface area contributed by atoms with Gasteiger partial charge >= 0.3 is 6.18 Å². The average molecular weight is 345 g/mol. The lowest BCUT2D eigenvalue weighted by atomic mass is 10.0. The molecule has 1 saturated heterocycles. The molecule has 0 unspecified atom stereocenters. The molecule has 0 aliphatic carbocycles. The van der Waals surface area contributed by atoms with E-state index in [1.54, 1.807) is 18.1 Å². The van der Waals surface area contributed by atoms with Crippen LogP contribution in [-0.2, 0) is 20.4 Å². The normalized spacial score (nSPS) is 20.0. The predicted octanol–water partition coefficient (Wildman–Crippen LogP) is 3.42. The zero-order valence-corrected chi connectivity index (χ0v) is 13.8. The van der Waals surface area contributed by atoms with Crippen LogP contribution in [0.3, 0.4) is 0 Å². The van der Waals surface area contributed by atoms with Crippen molar-refractivity contribution in [2.24, 2.45) is 0 Å². The van der Waals surface area contributed by atoms with Gasteiger partial charge < -0.3 is 14.4 Å². The third kappa shape index (κ3) is 4.95. The molecule has 0 aromatic heterocycles. The quantitative estimate of drug-likeness (QED) is 0.821. The molecule has 4 nitrogen and oxygen atoms in total. The van der Waals surface area contributed by atoms with Crippen LogP contribution in [0.4, 0.5) is 13.2 Å². The topological polar surface area (TPSA) is 38.8 Å². The van der Waals surface area contributed by atoms with Crippen molar-refractivity contribution in [2.75, 3.05) is 26.8 Å². The van der Waals surface area contributed by atoms with Crippen molar-refractivity contribution in [1.82, 2.24) is 4.90 Å². The van der Waals surface area contributed by atoms with Crippen molar-refractivity contribution < 1.29 is 27.4 Å². The van der Waals surface area contributed by atoms with Crippen LogP contribution in [0.1, 0.15) is 37.0 Å². The Morgan fingerprint density at radius 1 is 1.46 bits per heavy atom. The van der Waals surface area contributed by atoms with Gasteiger partial charge in [-0.1, -0.05) is 12.1 Å². The summed E-state index contributed by atoms with van der Waals surface area (Å²) in [6.07, 6.45) is -3.97. The highest BCUT2D eigenvalue weighted by molar-refractivity contribution is 5.76. The van der Waals surface area contributed by atoms with E-state index in [-0.39, 0.29) is 18.6 Å². The van der Waals surface area contributed by atoms with Crippen molar-refractivity contribution >= 4 is 5.91 Å². The molecule has 1 aromatic carbocycles.